The molecule has 0 fully saturated rings. The second kappa shape index (κ2) is 6.35. The molecule has 0 unspecified atom stereocenters. The molecule has 0 aliphatic carbocycles. The summed E-state index contributed by atoms with van der Waals surface area (Å²) in [7, 11) is -3.65. The number of benzene rings is 1. The van der Waals surface area contributed by atoms with E-state index in [-0.39, 0.29) is 0 Å². The van der Waals surface area contributed by atoms with Gasteiger partial charge in [0.15, 0.2) is 0 Å². The van der Waals surface area contributed by atoms with Gasteiger partial charge in [0.25, 0.3) is 15.9 Å². The maximum absolute atomic E-state index is 11.9. The molecule has 8 heteroatoms. The smallest absolute Gasteiger partial charge is 0.257 e. The standard InChI is InChI=1S/C14H14N4O3S/c1-22(20,21)18-14(15)17-13(19)11-7-5-10(6-8-11)12-4-2-3-9-16-12/h2-9H,1H3,(H3,15,17,18,19). The van der Waals surface area contributed by atoms with Crippen molar-refractivity contribution < 1.29 is 13.2 Å². The van der Waals surface area contributed by atoms with Gasteiger partial charge in [-0.15, -0.1) is 4.40 Å². The van der Waals surface area contributed by atoms with Gasteiger partial charge in [-0.05, 0) is 24.3 Å². The van der Waals surface area contributed by atoms with Crippen LogP contribution in [-0.4, -0.2) is 31.5 Å². The number of hydrogen-bond acceptors (Lipinski definition) is 4. The summed E-state index contributed by atoms with van der Waals surface area (Å²) in [6.07, 6.45) is 2.56. The van der Waals surface area contributed by atoms with E-state index < -0.39 is 21.9 Å². The Hall–Kier alpha value is -2.74. The van der Waals surface area contributed by atoms with Gasteiger partial charge in [0.05, 0.1) is 11.9 Å². The number of nitrogens with zero attached hydrogens (tertiary/aromatic N) is 2. The molecule has 0 aliphatic rings. The molecule has 0 saturated carbocycles. The van der Waals surface area contributed by atoms with Gasteiger partial charge >= 0.3 is 0 Å². The minimum absolute atomic E-state index is 0.325. The first-order valence-corrected chi connectivity index (χ1v) is 8.08. The summed E-state index contributed by atoms with van der Waals surface area (Å²) < 4.78 is 25.0. The summed E-state index contributed by atoms with van der Waals surface area (Å²) >= 11 is 0. The third-order valence-electron chi connectivity index (χ3n) is 2.61. The highest BCUT2D eigenvalue weighted by atomic mass is 32.2. The molecule has 22 heavy (non-hydrogen) atoms. The second-order valence-electron chi connectivity index (χ2n) is 4.46. The van der Waals surface area contributed by atoms with E-state index in [1.54, 1.807) is 30.5 Å². The van der Waals surface area contributed by atoms with Gasteiger partial charge in [0, 0.05) is 17.3 Å². The van der Waals surface area contributed by atoms with Gasteiger partial charge in [-0.3, -0.25) is 15.1 Å². The number of hydrogen-bond donors (Lipinski definition) is 2. The zero-order chi connectivity index (χ0) is 16.2. The molecule has 0 aliphatic heterocycles. The van der Waals surface area contributed by atoms with E-state index in [4.69, 9.17) is 5.73 Å². The average molecular weight is 318 g/mol. The van der Waals surface area contributed by atoms with E-state index in [0.29, 0.717) is 5.56 Å². The van der Waals surface area contributed by atoms with Crippen LogP contribution in [0, 0.1) is 0 Å². The van der Waals surface area contributed by atoms with Crippen molar-refractivity contribution in [3.63, 3.8) is 0 Å². The minimum atomic E-state index is -3.65. The van der Waals surface area contributed by atoms with Crippen LogP contribution in [0.2, 0.25) is 0 Å². The molecule has 2 aromatic rings. The Morgan fingerprint density at radius 3 is 2.41 bits per heavy atom. The number of sulfonamides is 1. The SMILES string of the molecule is CS(=O)(=O)/N=C(\N)NC(=O)c1ccc(-c2ccccn2)cc1. The van der Waals surface area contributed by atoms with Crippen molar-refractivity contribution in [2.45, 2.75) is 0 Å². The molecule has 0 saturated heterocycles. The molecule has 3 N–H and O–H groups in total. The number of pyridine rings is 1. The quantitative estimate of drug-likeness (QED) is 0.640. The van der Waals surface area contributed by atoms with E-state index in [1.807, 2.05) is 18.2 Å². The van der Waals surface area contributed by atoms with Crippen LogP contribution in [0.3, 0.4) is 0 Å². The van der Waals surface area contributed by atoms with Gasteiger partial charge in [-0.25, -0.2) is 8.42 Å². The Morgan fingerprint density at radius 1 is 1.18 bits per heavy atom. The third-order valence-corrected chi connectivity index (χ3v) is 3.14. The van der Waals surface area contributed by atoms with Crippen molar-refractivity contribution in [1.29, 1.82) is 0 Å². The molecule has 1 heterocycles. The summed E-state index contributed by atoms with van der Waals surface area (Å²) in [6, 6.07) is 12.2. The highest BCUT2D eigenvalue weighted by Crippen LogP contribution is 2.16. The number of guanidine groups is 1. The zero-order valence-corrected chi connectivity index (χ0v) is 12.5. The van der Waals surface area contributed by atoms with Crippen molar-refractivity contribution in [2.24, 2.45) is 10.1 Å². The summed E-state index contributed by atoms with van der Waals surface area (Å²) in [6.45, 7) is 0. The Kier molecular flexibility index (Phi) is 4.52. The van der Waals surface area contributed by atoms with Crippen molar-refractivity contribution in [3.8, 4) is 11.3 Å². The fourth-order valence-corrected chi connectivity index (χ4v) is 2.12. The summed E-state index contributed by atoms with van der Waals surface area (Å²) in [4.78, 5) is 16.1. The van der Waals surface area contributed by atoms with Crippen molar-refractivity contribution in [1.82, 2.24) is 10.3 Å². The first kappa shape index (κ1) is 15.6. The first-order valence-electron chi connectivity index (χ1n) is 6.23. The Balaban J connectivity index is 2.14. The van der Waals surface area contributed by atoms with Crippen molar-refractivity contribution >= 4 is 21.9 Å². The molecule has 0 bridgehead atoms. The lowest BCUT2D eigenvalue weighted by atomic mass is 10.1. The highest BCUT2D eigenvalue weighted by Gasteiger charge is 2.09. The zero-order valence-electron chi connectivity index (χ0n) is 11.7. The Morgan fingerprint density at radius 2 is 1.86 bits per heavy atom. The number of aromatic nitrogens is 1. The maximum Gasteiger partial charge on any atom is 0.257 e. The van der Waals surface area contributed by atoms with Gasteiger partial charge in [-0.2, -0.15) is 0 Å². The second-order valence-corrected chi connectivity index (χ2v) is 6.10. The monoisotopic (exact) mass is 318 g/mol. The molecule has 0 spiro atoms. The lowest BCUT2D eigenvalue weighted by Crippen LogP contribution is -2.37. The van der Waals surface area contributed by atoms with Crippen LogP contribution < -0.4 is 11.1 Å². The average Bonchev–Trinajstić information content (AvgIpc) is 2.46. The molecule has 7 nitrogen and oxygen atoms in total. The maximum atomic E-state index is 11.9. The largest absolute Gasteiger partial charge is 0.369 e. The predicted octanol–water partition coefficient (Wildman–Crippen LogP) is 0.753. The molecule has 2 rings (SSSR count). The molecule has 114 valence electrons. The lowest BCUT2D eigenvalue weighted by Gasteiger charge is -2.05. The van der Waals surface area contributed by atoms with Gasteiger partial charge in [0.2, 0.25) is 5.96 Å². The number of amides is 1. The van der Waals surface area contributed by atoms with E-state index in [1.165, 1.54) is 0 Å². The van der Waals surface area contributed by atoms with Crippen LogP contribution >= 0.6 is 0 Å². The number of rotatable bonds is 3. The summed E-state index contributed by atoms with van der Waals surface area (Å²) in [5.41, 5.74) is 7.31. The summed E-state index contributed by atoms with van der Waals surface area (Å²) in [5, 5.41) is 2.21. The normalized spacial score (nSPS) is 12.0. The lowest BCUT2D eigenvalue weighted by molar-refractivity contribution is 0.0977. The fraction of sp³-hybridized carbons (Fsp3) is 0.0714. The number of carbonyl (C=O) groups is 1. The molecule has 1 aromatic carbocycles. The number of nitrogens with one attached hydrogen (secondary N) is 1. The van der Waals surface area contributed by atoms with E-state index in [0.717, 1.165) is 17.5 Å². The fourth-order valence-electron chi connectivity index (χ4n) is 1.72. The van der Waals surface area contributed by atoms with Crippen LogP contribution in [0.1, 0.15) is 10.4 Å². The van der Waals surface area contributed by atoms with Crippen LogP contribution in [0.15, 0.2) is 53.1 Å². The number of carbonyl (C=O) groups excluding carboxylic acids is 1. The Labute approximate surface area is 128 Å². The first-order chi connectivity index (χ1) is 10.3. The molecule has 0 radical (unpaired) electrons. The van der Waals surface area contributed by atoms with Gasteiger partial charge < -0.3 is 5.73 Å². The van der Waals surface area contributed by atoms with Crippen LogP contribution in [0.4, 0.5) is 0 Å². The summed E-state index contributed by atoms with van der Waals surface area (Å²) in [5.74, 6) is -1.02. The van der Waals surface area contributed by atoms with Crippen molar-refractivity contribution in [3.05, 3.63) is 54.2 Å². The van der Waals surface area contributed by atoms with Crippen LogP contribution in [0.5, 0.6) is 0 Å². The van der Waals surface area contributed by atoms with Gasteiger partial charge in [-0.1, -0.05) is 18.2 Å². The van der Waals surface area contributed by atoms with E-state index in [9.17, 15) is 13.2 Å². The molecule has 1 aromatic heterocycles. The molecular weight excluding hydrogens is 304 g/mol. The Bertz CT molecular complexity index is 800. The predicted molar refractivity (Wildman–Crippen MR) is 83.6 cm³/mol. The van der Waals surface area contributed by atoms with Crippen molar-refractivity contribution in [2.75, 3.05) is 6.26 Å². The van der Waals surface area contributed by atoms with Gasteiger partial charge in [0.1, 0.15) is 0 Å². The molecule has 0 atom stereocenters. The van der Waals surface area contributed by atoms with Crippen LogP contribution in [0.25, 0.3) is 11.3 Å². The van der Waals surface area contributed by atoms with E-state index in [2.05, 4.69) is 14.7 Å². The van der Waals surface area contributed by atoms with E-state index >= 15 is 0 Å². The third kappa shape index (κ3) is 4.38. The number of nitrogens with two attached hydrogens (primary N) is 1. The topological polar surface area (TPSA) is 115 Å². The highest BCUT2D eigenvalue weighted by molar-refractivity contribution is 7.89. The minimum Gasteiger partial charge on any atom is -0.369 e. The molecule has 1 amide bonds. The molecular formula is C14H14N4O3S. The van der Waals surface area contributed by atoms with Crippen LogP contribution in [-0.2, 0) is 10.0 Å².